The fourth-order valence-corrected chi connectivity index (χ4v) is 4.81. The van der Waals surface area contributed by atoms with E-state index in [1.54, 1.807) is 24.3 Å². The van der Waals surface area contributed by atoms with Crippen LogP contribution in [0.4, 0.5) is 0 Å². The molecule has 0 aromatic heterocycles. The lowest BCUT2D eigenvalue weighted by molar-refractivity contribution is 0.135. The maximum absolute atomic E-state index is 12.5. The van der Waals surface area contributed by atoms with E-state index in [1.807, 2.05) is 20.1 Å². The number of aryl methyl sites for hydroxylation is 2. The SMILES string of the molecule is CSCC[C@H](COS(=O)(=O)c1ccc(C)cc1)OS(=O)(=O)c1ccc(C)cc1. The van der Waals surface area contributed by atoms with Crippen molar-refractivity contribution in [3.05, 3.63) is 59.7 Å². The molecule has 0 saturated carbocycles. The van der Waals surface area contributed by atoms with Crippen LogP contribution in [0.25, 0.3) is 0 Å². The average Bonchev–Trinajstić information content (AvgIpc) is 2.64. The highest BCUT2D eigenvalue weighted by atomic mass is 32.2. The molecule has 0 aliphatic carbocycles. The monoisotopic (exact) mass is 444 g/mol. The quantitative estimate of drug-likeness (QED) is 0.518. The molecule has 6 nitrogen and oxygen atoms in total. The van der Waals surface area contributed by atoms with Crippen molar-refractivity contribution in [2.24, 2.45) is 0 Å². The van der Waals surface area contributed by atoms with Crippen molar-refractivity contribution in [3.8, 4) is 0 Å². The molecule has 9 heteroatoms. The summed E-state index contributed by atoms with van der Waals surface area (Å²) in [5.41, 5.74) is 1.84. The van der Waals surface area contributed by atoms with Gasteiger partial charge in [0.15, 0.2) is 0 Å². The lowest BCUT2D eigenvalue weighted by Crippen LogP contribution is -2.26. The van der Waals surface area contributed by atoms with E-state index < -0.39 is 26.3 Å². The van der Waals surface area contributed by atoms with E-state index in [0.29, 0.717) is 12.2 Å². The summed E-state index contributed by atoms with van der Waals surface area (Å²) in [6.45, 7) is 3.31. The Bertz CT molecular complexity index is 965. The zero-order valence-corrected chi connectivity index (χ0v) is 18.4. The molecule has 2 rings (SSSR count). The van der Waals surface area contributed by atoms with Crippen LogP contribution in [0.2, 0.25) is 0 Å². The molecular weight excluding hydrogens is 420 g/mol. The summed E-state index contributed by atoms with van der Waals surface area (Å²) in [7, 11) is -8.03. The molecule has 0 spiro atoms. The minimum Gasteiger partial charge on any atom is -0.264 e. The Morgan fingerprint density at radius 3 is 1.75 bits per heavy atom. The normalized spacial score (nSPS) is 13.4. The predicted molar refractivity (Wildman–Crippen MR) is 111 cm³/mol. The summed E-state index contributed by atoms with van der Waals surface area (Å²) >= 11 is 1.51. The van der Waals surface area contributed by atoms with Crippen molar-refractivity contribution in [2.45, 2.75) is 36.2 Å². The molecule has 0 radical (unpaired) electrons. The number of hydrogen-bond donors (Lipinski definition) is 0. The van der Waals surface area contributed by atoms with Gasteiger partial charge in [0.25, 0.3) is 20.2 Å². The van der Waals surface area contributed by atoms with Crippen LogP contribution in [-0.2, 0) is 28.6 Å². The van der Waals surface area contributed by atoms with Crippen LogP contribution in [0.5, 0.6) is 0 Å². The molecule has 0 heterocycles. The number of benzene rings is 2. The van der Waals surface area contributed by atoms with E-state index in [0.717, 1.165) is 11.1 Å². The highest BCUT2D eigenvalue weighted by molar-refractivity contribution is 7.98. The number of rotatable bonds is 10. The van der Waals surface area contributed by atoms with Gasteiger partial charge in [-0.3, -0.25) is 8.37 Å². The van der Waals surface area contributed by atoms with Crippen molar-refractivity contribution in [1.29, 1.82) is 0 Å². The summed E-state index contributed by atoms with van der Waals surface area (Å²) < 4.78 is 60.1. The van der Waals surface area contributed by atoms with Gasteiger partial charge in [-0.15, -0.1) is 0 Å². The summed E-state index contributed by atoms with van der Waals surface area (Å²) in [6, 6.07) is 12.5. The van der Waals surface area contributed by atoms with Crippen LogP contribution in [0, 0.1) is 13.8 Å². The van der Waals surface area contributed by atoms with E-state index >= 15 is 0 Å². The third-order valence-electron chi connectivity index (χ3n) is 3.94. The Kier molecular flexibility index (Phi) is 8.08. The van der Waals surface area contributed by atoms with E-state index in [-0.39, 0.29) is 16.4 Å². The molecule has 2 aromatic carbocycles. The zero-order valence-electron chi connectivity index (χ0n) is 16.0. The van der Waals surface area contributed by atoms with Gasteiger partial charge in [-0.1, -0.05) is 35.4 Å². The number of thioether (sulfide) groups is 1. The fraction of sp³-hybridized carbons (Fsp3) is 0.368. The van der Waals surface area contributed by atoms with Gasteiger partial charge >= 0.3 is 0 Å². The van der Waals surface area contributed by atoms with Gasteiger partial charge in [-0.2, -0.15) is 28.6 Å². The molecule has 0 saturated heterocycles. The van der Waals surface area contributed by atoms with Crippen molar-refractivity contribution >= 4 is 32.0 Å². The molecule has 0 amide bonds. The highest BCUT2D eigenvalue weighted by Crippen LogP contribution is 2.20. The highest BCUT2D eigenvalue weighted by Gasteiger charge is 2.25. The standard InChI is InChI=1S/C19H24O6S3/c1-15-4-8-18(9-5-15)27(20,21)24-14-17(12-13-26-3)25-28(22,23)19-10-6-16(2)7-11-19/h4-11,17H,12-14H2,1-3H3/t17-/m1/s1. The average molecular weight is 445 g/mol. The largest absolute Gasteiger partial charge is 0.297 e. The molecule has 0 unspecified atom stereocenters. The molecule has 1 atom stereocenters. The zero-order chi connectivity index (χ0) is 20.8. The smallest absolute Gasteiger partial charge is 0.264 e. The van der Waals surface area contributed by atoms with Gasteiger partial charge in [0.2, 0.25) is 0 Å². The molecule has 2 aromatic rings. The van der Waals surface area contributed by atoms with Crippen LogP contribution in [0.3, 0.4) is 0 Å². The Morgan fingerprint density at radius 1 is 0.821 bits per heavy atom. The summed E-state index contributed by atoms with van der Waals surface area (Å²) in [5.74, 6) is 0.599. The van der Waals surface area contributed by atoms with Crippen LogP contribution < -0.4 is 0 Å². The van der Waals surface area contributed by atoms with E-state index in [4.69, 9.17) is 8.37 Å². The molecular formula is C19H24O6S3. The van der Waals surface area contributed by atoms with Crippen molar-refractivity contribution < 1.29 is 25.2 Å². The first kappa shape index (κ1) is 22.9. The first-order valence-electron chi connectivity index (χ1n) is 8.59. The second kappa shape index (κ2) is 9.89. The molecule has 0 aliphatic rings. The summed E-state index contributed by atoms with van der Waals surface area (Å²) in [6.07, 6.45) is 1.28. The Hall–Kier alpha value is -1.39. The third-order valence-corrected chi connectivity index (χ3v) is 7.25. The van der Waals surface area contributed by atoms with E-state index in [1.165, 1.54) is 36.0 Å². The van der Waals surface area contributed by atoms with Crippen molar-refractivity contribution in [2.75, 3.05) is 18.6 Å². The van der Waals surface area contributed by atoms with Gasteiger partial charge in [0.05, 0.1) is 16.4 Å². The van der Waals surface area contributed by atoms with Gasteiger partial charge < -0.3 is 0 Å². The Balaban J connectivity index is 2.12. The maximum atomic E-state index is 12.5. The molecule has 0 N–H and O–H groups in total. The molecule has 0 fully saturated rings. The third kappa shape index (κ3) is 6.59. The molecule has 0 aliphatic heterocycles. The van der Waals surface area contributed by atoms with Gasteiger partial charge in [-0.05, 0) is 56.5 Å². The molecule has 28 heavy (non-hydrogen) atoms. The van der Waals surface area contributed by atoms with Crippen LogP contribution in [0.1, 0.15) is 17.5 Å². The second-order valence-electron chi connectivity index (χ2n) is 6.32. The Labute approximate surface area is 171 Å². The Morgan fingerprint density at radius 2 is 1.29 bits per heavy atom. The maximum Gasteiger partial charge on any atom is 0.297 e. The minimum absolute atomic E-state index is 0.0168. The van der Waals surface area contributed by atoms with E-state index in [9.17, 15) is 16.8 Å². The van der Waals surface area contributed by atoms with Gasteiger partial charge in [0.1, 0.15) is 6.10 Å². The van der Waals surface area contributed by atoms with Crippen LogP contribution in [0.15, 0.2) is 58.3 Å². The lowest BCUT2D eigenvalue weighted by Gasteiger charge is -2.17. The molecule has 0 bridgehead atoms. The lowest BCUT2D eigenvalue weighted by atomic mass is 10.2. The topological polar surface area (TPSA) is 86.7 Å². The second-order valence-corrected chi connectivity index (χ2v) is 10.5. The number of hydrogen-bond acceptors (Lipinski definition) is 7. The predicted octanol–water partition coefficient (Wildman–Crippen LogP) is 3.54. The van der Waals surface area contributed by atoms with Crippen LogP contribution in [-0.4, -0.2) is 41.6 Å². The first-order valence-corrected chi connectivity index (χ1v) is 12.8. The van der Waals surface area contributed by atoms with Crippen LogP contribution >= 0.6 is 11.8 Å². The minimum atomic E-state index is -4.03. The van der Waals surface area contributed by atoms with E-state index in [2.05, 4.69) is 0 Å². The summed E-state index contributed by atoms with van der Waals surface area (Å²) in [5, 5.41) is 0. The van der Waals surface area contributed by atoms with Gasteiger partial charge in [-0.25, -0.2) is 0 Å². The van der Waals surface area contributed by atoms with Gasteiger partial charge in [0, 0.05) is 0 Å². The van der Waals surface area contributed by atoms with Crippen molar-refractivity contribution in [3.63, 3.8) is 0 Å². The molecule has 154 valence electrons. The fourth-order valence-electron chi connectivity index (χ4n) is 2.29. The van der Waals surface area contributed by atoms with Crippen molar-refractivity contribution in [1.82, 2.24) is 0 Å². The first-order chi connectivity index (χ1) is 13.1. The summed E-state index contributed by atoms with van der Waals surface area (Å²) in [4.78, 5) is 0.0387.